The summed E-state index contributed by atoms with van der Waals surface area (Å²) in [7, 11) is -7.16. The Bertz CT molecular complexity index is 1550. The normalized spacial score (nSPS) is 27.9. The van der Waals surface area contributed by atoms with Gasteiger partial charge in [-0.3, -0.25) is 9.52 Å². The van der Waals surface area contributed by atoms with Crippen LogP contribution in [-0.2, 0) is 25.5 Å². The van der Waals surface area contributed by atoms with E-state index in [9.17, 15) is 21.6 Å². The van der Waals surface area contributed by atoms with Gasteiger partial charge in [-0.1, -0.05) is 6.07 Å². The van der Waals surface area contributed by atoms with E-state index in [1.54, 1.807) is 29.2 Å². The molecule has 6 aliphatic rings. The van der Waals surface area contributed by atoms with Gasteiger partial charge in [-0.05, 0) is 111 Å². The molecule has 5 fully saturated rings. The van der Waals surface area contributed by atoms with E-state index in [1.165, 1.54) is 18.9 Å². The summed E-state index contributed by atoms with van der Waals surface area (Å²) in [5.74, 6) is 0.414. The molecule has 2 aromatic rings. The van der Waals surface area contributed by atoms with Gasteiger partial charge in [-0.2, -0.15) is 0 Å². The zero-order valence-corrected chi connectivity index (χ0v) is 23.1. The molecule has 2 spiro atoms. The van der Waals surface area contributed by atoms with E-state index >= 15 is 0 Å². The first kappa shape index (κ1) is 24.6. The fourth-order valence-electron chi connectivity index (χ4n) is 7.39. The number of sulfonamides is 2. The third kappa shape index (κ3) is 3.98. The molecule has 2 N–H and O–H groups in total. The molecule has 202 valence electrons. The van der Waals surface area contributed by atoms with Gasteiger partial charge in [0.05, 0.1) is 11.2 Å². The van der Waals surface area contributed by atoms with E-state index in [-0.39, 0.29) is 21.8 Å². The minimum absolute atomic E-state index is 0.114. The van der Waals surface area contributed by atoms with E-state index in [1.807, 2.05) is 12.1 Å². The minimum atomic E-state index is -3.72. The Hall–Kier alpha value is -2.43. The van der Waals surface area contributed by atoms with Crippen LogP contribution in [0.2, 0.25) is 0 Å². The minimum Gasteiger partial charge on any atom is -0.307 e. The van der Waals surface area contributed by atoms with Crippen LogP contribution in [0.5, 0.6) is 0 Å². The predicted octanol–water partition coefficient (Wildman–Crippen LogP) is 4.14. The zero-order chi connectivity index (χ0) is 26.6. The van der Waals surface area contributed by atoms with Crippen molar-refractivity contribution in [1.29, 1.82) is 0 Å². The molecule has 5 aliphatic carbocycles. The summed E-state index contributed by atoms with van der Waals surface area (Å²) in [6.07, 6.45) is 10.5. The highest BCUT2D eigenvalue weighted by atomic mass is 32.2. The van der Waals surface area contributed by atoms with E-state index in [0.717, 1.165) is 62.5 Å². The van der Waals surface area contributed by atoms with Gasteiger partial charge < -0.3 is 4.90 Å². The monoisotopic (exact) mass is 555 g/mol. The van der Waals surface area contributed by atoms with Gasteiger partial charge >= 0.3 is 0 Å². The fourth-order valence-corrected chi connectivity index (χ4v) is 9.42. The Balaban J connectivity index is 1.21. The number of benzene rings is 2. The molecular weight excluding hydrogens is 522 g/mol. The van der Waals surface area contributed by atoms with Gasteiger partial charge in [0.2, 0.25) is 20.0 Å². The van der Waals surface area contributed by atoms with Crippen molar-refractivity contribution >= 4 is 37.3 Å². The van der Waals surface area contributed by atoms with Crippen LogP contribution >= 0.6 is 0 Å². The maximum atomic E-state index is 13.9. The van der Waals surface area contributed by atoms with E-state index < -0.39 is 20.0 Å². The second-order valence-electron chi connectivity index (χ2n) is 12.7. The molecule has 10 heteroatoms. The third-order valence-electron chi connectivity index (χ3n) is 9.87. The largest absolute Gasteiger partial charge is 0.307 e. The summed E-state index contributed by atoms with van der Waals surface area (Å²) in [6.45, 7) is 0.513. The fraction of sp³-hybridized carbons (Fsp3) is 0.536. The van der Waals surface area contributed by atoms with Crippen molar-refractivity contribution in [2.45, 2.75) is 73.6 Å². The number of carbonyl (C=O) groups excluding carboxylic acids is 1. The Morgan fingerprint density at radius 3 is 2.21 bits per heavy atom. The average molecular weight is 556 g/mol. The first-order chi connectivity index (χ1) is 17.9. The highest BCUT2D eigenvalue weighted by Crippen LogP contribution is 2.62. The summed E-state index contributed by atoms with van der Waals surface area (Å²) in [5, 5.41) is 0. The summed E-state index contributed by atoms with van der Waals surface area (Å²) < 4.78 is 55.6. The molecule has 1 amide bonds. The smallest absolute Gasteiger partial charge is 0.258 e. The highest BCUT2D eigenvalue weighted by Gasteiger charge is 2.58. The van der Waals surface area contributed by atoms with Crippen LogP contribution < -0.4 is 14.3 Å². The van der Waals surface area contributed by atoms with Crippen molar-refractivity contribution in [3.63, 3.8) is 0 Å². The second-order valence-corrected chi connectivity index (χ2v) is 16.1. The number of rotatable bonds is 6. The Kier molecular flexibility index (Phi) is 5.06. The number of hydrogen-bond acceptors (Lipinski definition) is 5. The Morgan fingerprint density at radius 2 is 1.61 bits per heavy atom. The summed E-state index contributed by atoms with van der Waals surface area (Å²) >= 11 is 0. The third-order valence-corrected chi connectivity index (χ3v) is 12.1. The van der Waals surface area contributed by atoms with Gasteiger partial charge in [-0.15, -0.1) is 0 Å². The number of hydrogen-bond donors (Lipinski definition) is 2. The summed E-state index contributed by atoms with van der Waals surface area (Å²) in [5.41, 5.74) is 2.55. The van der Waals surface area contributed by atoms with Crippen LogP contribution in [0.1, 0.15) is 73.7 Å². The lowest BCUT2D eigenvalue weighted by Crippen LogP contribution is -2.67. The van der Waals surface area contributed by atoms with Crippen molar-refractivity contribution < 1.29 is 21.6 Å². The Morgan fingerprint density at radius 1 is 0.921 bits per heavy atom. The zero-order valence-electron chi connectivity index (χ0n) is 21.5. The highest BCUT2D eigenvalue weighted by molar-refractivity contribution is 7.92. The quantitative estimate of drug-likeness (QED) is 0.556. The molecule has 8 nitrogen and oxygen atoms in total. The maximum absolute atomic E-state index is 13.9. The number of carbonyl (C=O) groups is 1. The van der Waals surface area contributed by atoms with Gasteiger partial charge in [-0.25, -0.2) is 21.6 Å². The predicted molar refractivity (Wildman–Crippen MR) is 145 cm³/mol. The van der Waals surface area contributed by atoms with Crippen molar-refractivity contribution in [3.8, 4) is 0 Å². The lowest BCUT2D eigenvalue weighted by atomic mass is 9.50. The van der Waals surface area contributed by atoms with E-state index in [2.05, 4.69) is 9.44 Å². The number of nitrogens with zero attached hydrogens (tertiary/aromatic N) is 1. The van der Waals surface area contributed by atoms with Gasteiger partial charge in [0.25, 0.3) is 5.91 Å². The molecule has 2 aromatic carbocycles. The van der Waals surface area contributed by atoms with Gasteiger partial charge in [0, 0.05) is 34.4 Å². The standard InChI is InChI=1S/C28H33N3O5S2/c1-37(33,34)29-21-5-6-24-23(14-21)27(11-9-26(7-8-26)10-12-27)18-31(24)25(32)20-3-2-4-22(13-20)38(35,36)30-28-15-19(16-28)17-28/h2-6,13-14,19,29-30H,7-12,15-18H2,1H3. The average Bonchev–Trinajstić information content (AvgIpc) is 3.52. The molecule has 0 aromatic heterocycles. The Labute approximate surface area is 224 Å². The SMILES string of the molecule is CS(=O)(=O)Nc1ccc2c(c1)C1(CCC3(CC3)CC1)CN2C(=O)c1cccc(S(=O)(=O)NC23CC(C2)C3)c1. The first-order valence-electron chi connectivity index (χ1n) is 13.5. The van der Waals surface area contributed by atoms with Crippen LogP contribution in [0.15, 0.2) is 47.4 Å². The number of amides is 1. The molecule has 0 radical (unpaired) electrons. The maximum Gasteiger partial charge on any atom is 0.258 e. The van der Waals surface area contributed by atoms with Crippen molar-refractivity contribution in [2.75, 3.05) is 22.4 Å². The second kappa shape index (κ2) is 7.82. The molecular formula is C28H33N3O5S2. The summed E-state index contributed by atoms with van der Waals surface area (Å²) in [6, 6.07) is 11.7. The van der Waals surface area contributed by atoms with E-state index in [0.29, 0.717) is 29.1 Å². The number of nitrogens with one attached hydrogen (secondary N) is 2. The van der Waals surface area contributed by atoms with E-state index in [4.69, 9.17) is 0 Å². The summed E-state index contributed by atoms with van der Waals surface area (Å²) in [4.78, 5) is 15.8. The van der Waals surface area contributed by atoms with Crippen LogP contribution in [0.3, 0.4) is 0 Å². The number of anilines is 2. The molecule has 38 heavy (non-hydrogen) atoms. The molecule has 1 aliphatic heterocycles. The van der Waals surface area contributed by atoms with Crippen LogP contribution in [-0.4, -0.2) is 41.1 Å². The molecule has 0 unspecified atom stereocenters. The molecule has 1 heterocycles. The van der Waals surface area contributed by atoms with Gasteiger partial charge in [0.1, 0.15) is 0 Å². The van der Waals surface area contributed by atoms with Crippen LogP contribution in [0.4, 0.5) is 11.4 Å². The van der Waals surface area contributed by atoms with Crippen LogP contribution in [0.25, 0.3) is 0 Å². The van der Waals surface area contributed by atoms with Crippen molar-refractivity contribution in [2.24, 2.45) is 11.3 Å². The number of fused-ring (bicyclic) bond motifs is 2. The molecule has 0 atom stereocenters. The topological polar surface area (TPSA) is 113 Å². The lowest BCUT2D eigenvalue weighted by molar-refractivity contribution is -0.0317. The van der Waals surface area contributed by atoms with Crippen molar-refractivity contribution in [3.05, 3.63) is 53.6 Å². The van der Waals surface area contributed by atoms with Crippen molar-refractivity contribution in [1.82, 2.24) is 4.72 Å². The molecule has 5 saturated carbocycles. The van der Waals surface area contributed by atoms with Gasteiger partial charge in [0.15, 0.2) is 0 Å². The lowest BCUT2D eigenvalue weighted by Gasteiger charge is -2.61. The van der Waals surface area contributed by atoms with Crippen LogP contribution in [0, 0.1) is 11.3 Å². The molecule has 0 saturated heterocycles. The molecule has 2 bridgehead atoms. The molecule has 8 rings (SSSR count). The first-order valence-corrected chi connectivity index (χ1v) is 16.8.